The van der Waals surface area contributed by atoms with Gasteiger partial charge in [0, 0.05) is 0 Å². The Morgan fingerprint density at radius 2 is 2.56 bits per heavy atom. The highest BCUT2D eigenvalue weighted by molar-refractivity contribution is 7.98. The zero-order valence-corrected chi connectivity index (χ0v) is 5.46. The summed E-state index contributed by atoms with van der Waals surface area (Å²) in [6.45, 7) is 0. The highest BCUT2D eigenvalue weighted by Crippen LogP contribution is 2.02. The summed E-state index contributed by atoms with van der Waals surface area (Å²) >= 11 is 1.35. The predicted molar refractivity (Wildman–Crippen MR) is 30.6 cm³/mol. The minimum Gasteiger partial charge on any atom is -0.169 e. The van der Waals surface area contributed by atoms with E-state index in [-0.39, 0.29) is 0 Å². The topological polar surface area (TPSA) is 67.4 Å². The fourth-order valence-corrected chi connectivity index (χ4v) is 0.603. The van der Waals surface area contributed by atoms with Crippen molar-refractivity contribution in [3.8, 4) is 6.19 Å². The molecule has 0 spiro atoms. The van der Waals surface area contributed by atoms with Crippen LogP contribution in [0, 0.1) is 11.5 Å². The first-order chi connectivity index (χ1) is 4.36. The van der Waals surface area contributed by atoms with Crippen molar-refractivity contribution in [2.24, 2.45) is 0 Å². The van der Waals surface area contributed by atoms with Gasteiger partial charge in [-0.1, -0.05) is 16.6 Å². The molecule has 0 atom stereocenters. The maximum Gasteiger partial charge on any atom is 0.232 e. The summed E-state index contributed by atoms with van der Waals surface area (Å²) in [5.74, 6) is 0. The summed E-state index contributed by atoms with van der Waals surface area (Å²) in [5, 5.41) is 19.3. The minimum absolute atomic E-state index is 0.511. The molecule has 1 aromatic rings. The van der Waals surface area contributed by atoms with E-state index in [9.17, 15) is 0 Å². The molecule has 0 unspecified atom stereocenters. The van der Waals surface area contributed by atoms with Crippen molar-refractivity contribution in [1.82, 2.24) is 20.2 Å². The number of nitrogens with zero attached hydrogens (tertiary/aromatic N) is 5. The molecule has 1 heterocycles. The van der Waals surface area contributed by atoms with Gasteiger partial charge in [0.05, 0.1) is 0 Å². The molecule has 0 aliphatic carbocycles. The Morgan fingerprint density at radius 3 is 2.89 bits per heavy atom. The van der Waals surface area contributed by atoms with Gasteiger partial charge in [0.15, 0.2) is 0 Å². The number of thioether (sulfide) groups is 1. The van der Waals surface area contributed by atoms with E-state index in [0.717, 1.165) is 4.80 Å². The van der Waals surface area contributed by atoms with Gasteiger partial charge in [-0.25, -0.2) is 0 Å². The molecule has 0 N–H and O–H groups in total. The predicted octanol–water partition coefficient (Wildman–Crippen LogP) is -0.276. The van der Waals surface area contributed by atoms with Gasteiger partial charge in [-0.15, -0.1) is 10.2 Å². The van der Waals surface area contributed by atoms with Gasteiger partial charge in [-0.3, -0.25) is 0 Å². The van der Waals surface area contributed by atoms with E-state index in [1.165, 1.54) is 11.8 Å². The lowest BCUT2D eigenvalue weighted by atomic mass is 11.3. The van der Waals surface area contributed by atoms with Crippen LogP contribution in [0.5, 0.6) is 0 Å². The Labute approximate surface area is 55.7 Å². The van der Waals surface area contributed by atoms with Crippen molar-refractivity contribution >= 4 is 11.8 Å². The van der Waals surface area contributed by atoms with Crippen molar-refractivity contribution in [3.63, 3.8) is 0 Å². The van der Waals surface area contributed by atoms with Crippen LogP contribution in [0.4, 0.5) is 0 Å². The Balaban J connectivity index is 2.90. The second-order valence-electron chi connectivity index (χ2n) is 1.17. The molecular formula is C3H3N5S. The van der Waals surface area contributed by atoms with Crippen molar-refractivity contribution in [1.29, 1.82) is 5.26 Å². The van der Waals surface area contributed by atoms with Crippen molar-refractivity contribution in [2.45, 2.75) is 5.16 Å². The van der Waals surface area contributed by atoms with Gasteiger partial charge in [-0.2, -0.15) is 5.26 Å². The van der Waals surface area contributed by atoms with Crippen LogP contribution in [0.15, 0.2) is 5.16 Å². The monoisotopic (exact) mass is 141 g/mol. The van der Waals surface area contributed by atoms with E-state index in [2.05, 4.69) is 15.4 Å². The van der Waals surface area contributed by atoms with E-state index in [0.29, 0.717) is 5.16 Å². The molecule has 0 aromatic carbocycles. The third-order valence-electron chi connectivity index (χ3n) is 0.667. The summed E-state index contributed by atoms with van der Waals surface area (Å²) in [7, 11) is 0. The molecule has 0 bridgehead atoms. The van der Waals surface area contributed by atoms with Gasteiger partial charge in [0.25, 0.3) is 0 Å². The lowest BCUT2D eigenvalue weighted by Gasteiger charge is -1.74. The summed E-state index contributed by atoms with van der Waals surface area (Å²) in [6, 6.07) is 0. The quantitative estimate of drug-likeness (QED) is 0.503. The number of aromatic nitrogens is 4. The number of tetrazole rings is 1. The average molecular weight is 141 g/mol. The van der Waals surface area contributed by atoms with Crippen LogP contribution in [0.25, 0.3) is 0 Å². The van der Waals surface area contributed by atoms with E-state index in [4.69, 9.17) is 5.26 Å². The van der Waals surface area contributed by atoms with E-state index in [1.807, 2.05) is 6.26 Å². The van der Waals surface area contributed by atoms with Crippen LogP contribution < -0.4 is 0 Å². The summed E-state index contributed by atoms with van der Waals surface area (Å²) in [6.07, 6.45) is 3.52. The molecule has 6 heteroatoms. The summed E-state index contributed by atoms with van der Waals surface area (Å²) < 4.78 is 0. The molecule has 46 valence electrons. The number of hydrogen-bond acceptors (Lipinski definition) is 5. The first-order valence-corrected chi connectivity index (χ1v) is 3.33. The summed E-state index contributed by atoms with van der Waals surface area (Å²) in [5.41, 5.74) is 0. The number of nitriles is 1. The molecule has 1 rings (SSSR count). The Morgan fingerprint density at radius 1 is 1.78 bits per heavy atom. The minimum atomic E-state index is 0.511. The van der Waals surface area contributed by atoms with E-state index < -0.39 is 0 Å². The molecule has 0 saturated carbocycles. The van der Waals surface area contributed by atoms with Crippen LogP contribution in [0.2, 0.25) is 0 Å². The van der Waals surface area contributed by atoms with Gasteiger partial charge >= 0.3 is 0 Å². The molecule has 1 aromatic heterocycles. The number of rotatable bonds is 1. The maximum atomic E-state index is 8.19. The van der Waals surface area contributed by atoms with Gasteiger partial charge in [-0.05, 0) is 11.5 Å². The van der Waals surface area contributed by atoms with Crippen molar-refractivity contribution in [2.75, 3.05) is 6.26 Å². The second-order valence-corrected chi connectivity index (χ2v) is 1.94. The van der Waals surface area contributed by atoms with Crippen molar-refractivity contribution in [3.05, 3.63) is 0 Å². The molecule has 0 aliphatic rings. The maximum absolute atomic E-state index is 8.19. The Hall–Kier alpha value is -1.09. The molecule has 0 saturated heterocycles. The SMILES string of the molecule is CSc1nnn(C#N)n1. The highest BCUT2D eigenvalue weighted by Gasteiger charge is 1.96. The zero-order chi connectivity index (χ0) is 6.69. The normalized spacial score (nSPS) is 8.89. The lowest BCUT2D eigenvalue weighted by Crippen LogP contribution is -1.91. The fraction of sp³-hybridized carbons (Fsp3) is 0.333. The third kappa shape index (κ3) is 1.17. The lowest BCUT2D eigenvalue weighted by molar-refractivity contribution is 0.730. The molecule has 5 nitrogen and oxygen atoms in total. The van der Waals surface area contributed by atoms with Crippen LogP contribution >= 0.6 is 11.8 Å². The zero-order valence-electron chi connectivity index (χ0n) is 4.64. The smallest absolute Gasteiger partial charge is 0.169 e. The van der Waals surface area contributed by atoms with E-state index in [1.54, 1.807) is 6.19 Å². The first kappa shape index (κ1) is 6.04. The Kier molecular flexibility index (Phi) is 1.65. The second kappa shape index (κ2) is 2.46. The molecule has 0 aliphatic heterocycles. The average Bonchev–Trinajstić information content (AvgIpc) is 2.34. The molecule has 0 amide bonds. The Bertz CT molecular complexity index is 235. The number of hydrogen-bond donors (Lipinski definition) is 0. The standard InChI is InChI=1S/C3H3N5S/c1-9-3-5-7-8(2-4)6-3/h1H3. The fourth-order valence-electron chi connectivity index (χ4n) is 0.326. The van der Waals surface area contributed by atoms with Gasteiger partial charge in [0.2, 0.25) is 11.3 Å². The highest BCUT2D eigenvalue weighted by atomic mass is 32.2. The van der Waals surface area contributed by atoms with Gasteiger partial charge in [0.1, 0.15) is 0 Å². The van der Waals surface area contributed by atoms with Crippen LogP contribution in [0.1, 0.15) is 0 Å². The van der Waals surface area contributed by atoms with Crippen LogP contribution in [-0.2, 0) is 0 Å². The van der Waals surface area contributed by atoms with Crippen LogP contribution in [-0.4, -0.2) is 26.5 Å². The van der Waals surface area contributed by atoms with E-state index >= 15 is 0 Å². The largest absolute Gasteiger partial charge is 0.232 e. The van der Waals surface area contributed by atoms with Gasteiger partial charge < -0.3 is 0 Å². The molecular weight excluding hydrogens is 138 g/mol. The first-order valence-electron chi connectivity index (χ1n) is 2.11. The molecule has 0 radical (unpaired) electrons. The molecule has 0 fully saturated rings. The van der Waals surface area contributed by atoms with Crippen molar-refractivity contribution < 1.29 is 0 Å². The summed E-state index contributed by atoms with van der Waals surface area (Å²) in [4.78, 5) is 0.867. The van der Waals surface area contributed by atoms with Crippen LogP contribution in [0.3, 0.4) is 0 Å². The molecule has 9 heavy (non-hydrogen) atoms. The third-order valence-corrected chi connectivity index (χ3v) is 1.20.